The van der Waals surface area contributed by atoms with Gasteiger partial charge in [-0.15, -0.1) is 0 Å². The summed E-state index contributed by atoms with van der Waals surface area (Å²) in [5.74, 6) is 0. The Morgan fingerprint density at radius 2 is 1.00 bits per heavy atom. The molecule has 0 spiro atoms. The van der Waals surface area contributed by atoms with Crippen LogP contribution >= 0.6 is 0 Å². The predicted molar refractivity (Wildman–Crippen MR) is 44.1 cm³/mol. The molecular formula is C10H10Nd. The van der Waals surface area contributed by atoms with Crippen molar-refractivity contribution < 1.29 is 36.7 Å². The topological polar surface area (TPSA) is 0 Å². The molecule has 2 aliphatic carbocycles. The van der Waals surface area contributed by atoms with Crippen LogP contribution in [-0.2, 0) is 0 Å². The summed E-state index contributed by atoms with van der Waals surface area (Å²) in [6.45, 7) is 0. The van der Waals surface area contributed by atoms with Crippen molar-refractivity contribution in [1.29, 1.82) is 0 Å². The van der Waals surface area contributed by atoms with Gasteiger partial charge in [0.25, 0.3) is 0 Å². The van der Waals surface area contributed by atoms with Crippen molar-refractivity contribution in [2.75, 3.05) is 0 Å². The van der Waals surface area contributed by atoms with Crippen LogP contribution in [0.15, 0.2) is 48.6 Å². The molecule has 0 atom stereocenters. The van der Waals surface area contributed by atoms with Gasteiger partial charge in [-0.1, -0.05) is 0 Å². The summed E-state index contributed by atoms with van der Waals surface area (Å²) in [6.07, 6.45) is 18.1. The number of allylic oxidation sites excluding steroid dienone is 8. The van der Waals surface area contributed by atoms with Crippen LogP contribution < -0.4 is 0 Å². The zero-order valence-corrected chi connectivity index (χ0v) is 9.48. The second-order valence-electron chi connectivity index (χ2n) is 2.76. The molecule has 1 heteroatoms. The molecule has 0 heterocycles. The van der Waals surface area contributed by atoms with E-state index >= 15 is 0 Å². The maximum atomic E-state index is 2.35. The average molecular weight is 274 g/mol. The maximum absolute atomic E-state index is 2.35. The fourth-order valence-electron chi connectivity index (χ4n) is 1.31. The minimum absolute atomic E-state index is 0.471. The number of rotatable bonds is 2. The van der Waals surface area contributed by atoms with E-state index in [0.29, 0.717) is 0 Å². The third-order valence-electron chi connectivity index (χ3n) is 1.88. The summed E-state index contributed by atoms with van der Waals surface area (Å²) < 4.78 is 1.74. The van der Waals surface area contributed by atoms with Gasteiger partial charge in [0.05, 0.1) is 0 Å². The van der Waals surface area contributed by atoms with Crippen LogP contribution in [0.5, 0.6) is 0 Å². The van der Waals surface area contributed by atoms with Crippen molar-refractivity contribution in [3.8, 4) is 0 Å². The molecule has 0 bridgehead atoms. The molecule has 0 aromatic carbocycles. The molecule has 0 radical (unpaired) electrons. The Labute approximate surface area is 87.5 Å². The fourth-order valence-corrected chi connectivity index (χ4v) is 5.59. The van der Waals surface area contributed by atoms with E-state index in [2.05, 4.69) is 48.6 Å². The van der Waals surface area contributed by atoms with Crippen LogP contribution in [0.1, 0.15) is 0 Å². The second-order valence-corrected chi connectivity index (χ2v) is 8.10. The molecule has 2 rings (SSSR count). The average Bonchev–Trinajstić information content (AvgIpc) is 2.60. The molecule has 11 heavy (non-hydrogen) atoms. The van der Waals surface area contributed by atoms with Gasteiger partial charge in [0, 0.05) is 0 Å². The monoisotopic (exact) mass is 272 g/mol. The molecule has 0 nitrogen and oxygen atoms in total. The van der Waals surface area contributed by atoms with Crippen molar-refractivity contribution in [2.24, 2.45) is 0 Å². The molecule has 0 saturated heterocycles. The summed E-state index contributed by atoms with van der Waals surface area (Å²) in [5, 5.41) is 0. The second kappa shape index (κ2) is 3.81. The quantitative estimate of drug-likeness (QED) is 0.726. The van der Waals surface area contributed by atoms with E-state index in [1.165, 1.54) is 0 Å². The van der Waals surface area contributed by atoms with Crippen molar-refractivity contribution in [1.82, 2.24) is 0 Å². The first kappa shape index (κ1) is 7.93. The van der Waals surface area contributed by atoms with E-state index in [1.807, 2.05) is 0 Å². The molecule has 0 aliphatic heterocycles. The van der Waals surface area contributed by atoms with Gasteiger partial charge < -0.3 is 0 Å². The van der Waals surface area contributed by atoms with Gasteiger partial charge in [0.15, 0.2) is 0 Å². The van der Waals surface area contributed by atoms with Crippen LogP contribution in [0.25, 0.3) is 0 Å². The predicted octanol–water partition coefficient (Wildman–Crippen LogP) is 2.90. The Bertz CT molecular complexity index is 196. The van der Waals surface area contributed by atoms with Gasteiger partial charge in [-0.3, -0.25) is 0 Å². The van der Waals surface area contributed by atoms with Crippen molar-refractivity contribution in [3.05, 3.63) is 48.6 Å². The SMILES string of the molecule is C1=C[CH]([Nd][CH]2C=CC=C2)C=C1. The first-order chi connectivity index (χ1) is 5.45. The minimum atomic E-state index is -0.471. The standard InChI is InChI=1S/2C5H5.Nd/c2*1-2-4-5-3-1;/h2*1-5H;. The number of hydrogen-bond donors (Lipinski definition) is 0. The van der Waals surface area contributed by atoms with Crippen molar-refractivity contribution in [2.45, 2.75) is 3.14 Å². The van der Waals surface area contributed by atoms with Gasteiger partial charge in [-0.25, -0.2) is 0 Å². The molecule has 0 fully saturated rings. The van der Waals surface area contributed by atoms with Crippen LogP contribution in [0.3, 0.4) is 0 Å². The van der Waals surface area contributed by atoms with Crippen molar-refractivity contribution in [3.63, 3.8) is 0 Å². The Hall–Kier alpha value is 0.311. The van der Waals surface area contributed by atoms with E-state index in [1.54, 1.807) is 0 Å². The molecule has 2 aliphatic rings. The Kier molecular flexibility index (Phi) is 2.75. The molecule has 54 valence electrons. The van der Waals surface area contributed by atoms with Gasteiger partial charge in [0.2, 0.25) is 0 Å². The summed E-state index contributed by atoms with van der Waals surface area (Å²) >= 11 is -0.471. The Balaban J connectivity index is 1.90. The Morgan fingerprint density at radius 3 is 1.36 bits per heavy atom. The summed E-state index contributed by atoms with van der Waals surface area (Å²) in [7, 11) is 0. The van der Waals surface area contributed by atoms with Crippen LogP contribution in [-0.4, -0.2) is 0 Å². The molecule has 0 amide bonds. The van der Waals surface area contributed by atoms with E-state index < -0.39 is 36.7 Å². The number of hydrogen-bond acceptors (Lipinski definition) is 0. The normalized spacial score (nSPS) is 22.2. The van der Waals surface area contributed by atoms with Crippen LogP contribution in [0.2, 0.25) is 3.14 Å². The molecular weight excluding hydrogens is 264 g/mol. The summed E-state index contributed by atoms with van der Waals surface area (Å²) in [4.78, 5) is 0. The summed E-state index contributed by atoms with van der Waals surface area (Å²) in [5.41, 5.74) is 0. The van der Waals surface area contributed by atoms with Gasteiger partial charge in [-0.05, 0) is 0 Å². The first-order valence-corrected chi connectivity index (χ1v) is 7.62. The van der Waals surface area contributed by atoms with Crippen LogP contribution in [0, 0.1) is 36.7 Å². The third kappa shape index (κ3) is 2.12. The molecule has 0 unspecified atom stereocenters. The molecule has 0 saturated carbocycles. The zero-order valence-electron chi connectivity index (χ0n) is 6.27. The van der Waals surface area contributed by atoms with Crippen molar-refractivity contribution >= 4 is 0 Å². The zero-order chi connectivity index (χ0) is 7.52. The molecule has 0 N–H and O–H groups in total. The van der Waals surface area contributed by atoms with Gasteiger partial charge in [-0.2, -0.15) is 0 Å². The van der Waals surface area contributed by atoms with E-state index in [0.717, 1.165) is 3.14 Å². The summed E-state index contributed by atoms with van der Waals surface area (Å²) in [6, 6.07) is 0. The van der Waals surface area contributed by atoms with Gasteiger partial charge >= 0.3 is 88.5 Å². The Morgan fingerprint density at radius 1 is 0.636 bits per heavy atom. The van der Waals surface area contributed by atoms with Crippen LogP contribution in [0.4, 0.5) is 0 Å². The molecule has 0 aromatic rings. The molecule has 0 aromatic heterocycles. The first-order valence-electron chi connectivity index (χ1n) is 3.91. The van der Waals surface area contributed by atoms with E-state index in [4.69, 9.17) is 0 Å². The van der Waals surface area contributed by atoms with E-state index in [-0.39, 0.29) is 0 Å². The third-order valence-corrected chi connectivity index (χ3v) is 6.82. The fraction of sp³-hybridized carbons (Fsp3) is 0.200. The van der Waals surface area contributed by atoms with Gasteiger partial charge in [0.1, 0.15) is 0 Å². The van der Waals surface area contributed by atoms with E-state index in [9.17, 15) is 0 Å².